The molecule has 154 valence electrons. The molecule has 0 amide bonds. The molecule has 1 aromatic rings. The Balaban J connectivity index is 2.27. The van der Waals surface area contributed by atoms with Gasteiger partial charge >= 0.3 is 0 Å². The first-order valence-electron chi connectivity index (χ1n) is 9.40. The second-order valence-electron chi connectivity index (χ2n) is 6.08. The number of rotatable bonds is 14. The lowest BCUT2D eigenvalue weighted by molar-refractivity contribution is 0.0698. The van der Waals surface area contributed by atoms with Crippen LogP contribution in [0.2, 0.25) is 0 Å². The van der Waals surface area contributed by atoms with Crippen molar-refractivity contribution in [2.45, 2.75) is 25.5 Å². The molecule has 2 N–H and O–H groups in total. The van der Waals surface area contributed by atoms with Crippen molar-refractivity contribution in [1.29, 1.82) is 0 Å². The van der Waals surface area contributed by atoms with Gasteiger partial charge in [-0.15, -0.1) is 0 Å². The Morgan fingerprint density at radius 1 is 1.07 bits per heavy atom. The molecule has 0 aromatic heterocycles. The molecule has 0 aliphatic heterocycles. The van der Waals surface area contributed by atoms with Gasteiger partial charge in [-0.25, -0.2) is 8.42 Å². The van der Waals surface area contributed by atoms with Gasteiger partial charge in [-0.1, -0.05) is 30.3 Å². The Kier molecular flexibility index (Phi) is 12.5. The number of guanidine groups is 1. The number of nitrogens with one attached hydrogen (secondary N) is 2. The van der Waals surface area contributed by atoms with Crippen molar-refractivity contribution in [2.75, 3.05) is 52.3 Å². The largest absolute Gasteiger partial charge is 0.382 e. The van der Waals surface area contributed by atoms with Gasteiger partial charge in [0.25, 0.3) is 0 Å². The van der Waals surface area contributed by atoms with Gasteiger partial charge in [-0.3, -0.25) is 4.99 Å². The molecule has 0 atom stereocenters. The van der Waals surface area contributed by atoms with Crippen LogP contribution >= 0.6 is 0 Å². The maximum atomic E-state index is 12.2. The highest BCUT2D eigenvalue weighted by atomic mass is 32.2. The maximum absolute atomic E-state index is 12.2. The van der Waals surface area contributed by atoms with Crippen LogP contribution in [-0.2, 0) is 25.1 Å². The Hall–Kier alpha value is -1.64. The van der Waals surface area contributed by atoms with Gasteiger partial charge in [0.15, 0.2) is 15.8 Å². The summed E-state index contributed by atoms with van der Waals surface area (Å²) < 4.78 is 34.7. The summed E-state index contributed by atoms with van der Waals surface area (Å²) in [5.41, 5.74) is 0.823. The highest BCUT2D eigenvalue weighted by Gasteiger charge is 2.11. The van der Waals surface area contributed by atoms with Crippen molar-refractivity contribution in [3.63, 3.8) is 0 Å². The first-order valence-corrected chi connectivity index (χ1v) is 11.2. The minimum absolute atomic E-state index is 0.0823. The molecule has 27 heavy (non-hydrogen) atoms. The van der Waals surface area contributed by atoms with Crippen LogP contribution in [0.5, 0.6) is 0 Å². The minimum Gasteiger partial charge on any atom is -0.382 e. The van der Waals surface area contributed by atoms with Crippen LogP contribution in [0.25, 0.3) is 0 Å². The zero-order valence-electron chi connectivity index (χ0n) is 16.4. The van der Waals surface area contributed by atoms with Crippen LogP contribution in [0.3, 0.4) is 0 Å². The number of sulfone groups is 1. The molecule has 0 spiro atoms. The third-order valence-electron chi connectivity index (χ3n) is 3.65. The average Bonchev–Trinajstić information content (AvgIpc) is 2.64. The quantitative estimate of drug-likeness (QED) is 0.281. The maximum Gasteiger partial charge on any atom is 0.191 e. The SMILES string of the molecule is CCNC(=NCCCS(=O)(=O)Cc1ccccc1)NCCCOCCOC. The third kappa shape index (κ3) is 12.4. The number of benzene rings is 1. The molecule has 0 heterocycles. The number of hydrogen-bond acceptors (Lipinski definition) is 5. The molecule has 0 fully saturated rings. The van der Waals surface area contributed by atoms with E-state index in [1.54, 1.807) is 7.11 Å². The first-order chi connectivity index (χ1) is 13.1. The van der Waals surface area contributed by atoms with E-state index in [1.165, 1.54) is 0 Å². The van der Waals surface area contributed by atoms with E-state index in [9.17, 15) is 8.42 Å². The standard InChI is InChI=1S/C19H33N3O4S/c1-3-20-19(21-11-7-13-26-15-14-25-2)22-12-8-16-27(23,24)17-18-9-5-4-6-10-18/h4-6,9-10H,3,7-8,11-17H2,1-2H3,(H2,20,21,22). The van der Waals surface area contributed by atoms with E-state index in [2.05, 4.69) is 15.6 Å². The molecule has 8 heteroatoms. The molecule has 1 rings (SSSR count). The molecule has 0 saturated carbocycles. The summed E-state index contributed by atoms with van der Waals surface area (Å²) in [5, 5.41) is 6.39. The lowest BCUT2D eigenvalue weighted by Crippen LogP contribution is -2.38. The molecule has 1 aromatic carbocycles. The fraction of sp³-hybridized carbons (Fsp3) is 0.632. The van der Waals surface area contributed by atoms with Gasteiger partial charge in [0.2, 0.25) is 0 Å². The van der Waals surface area contributed by atoms with Crippen molar-refractivity contribution in [3.8, 4) is 0 Å². The fourth-order valence-electron chi connectivity index (χ4n) is 2.34. The van der Waals surface area contributed by atoms with E-state index in [1.807, 2.05) is 37.3 Å². The Labute approximate surface area is 163 Å². The van der Waals surface area contributed by atoms with E-state index < -0.39 is 9.84 Å². The lowest BCUT2D eigenvalue weighted by Gasteiger charge is -2.11. The summed E-state index contributed by atoms with van der Waals surface area (Å²) in [4.78, 5) is 4.44. The van der Waals surface area contributed by atoms with E-state index in [0.29, 0.717) is 38.7 Å². The van der Waals surface area contributed by atoms with Crippen LogP contribution in [0.15, 0.2) is 35.3 Å². The highest BCUT2D eigenvalue weighted by molar-refractivity contribution is 7.90. The van der Waals surface area contributed by atoms with Crippen molar-refractivity contribution in [2.24, 2.45) is 4.99 Å². The van der Waals surface area contributed by atoms with Gasteiger partial charge in [0.1, 0.15) is 0 Å². The molecule has 0 radical (unpaired) electrons. The zero-order valence-corrected chi connectivity index (χ0v) is 17.3. The summed E-state index contributed by atoms with van der Waals surface area (Å²) in [5.74, 6) is 0.923. The van der Waals surface area contributed by atoms with Gasteiger partial charge in [0.05, 0.1) is 24.7 Å². The minimum atomic E-state index is -3.11. The molecule has 0 aliphatic carbocycles. The molecule has 0 aliphatic rings. The second-order valence-corrected chi connectivity index (χ2v) is 8.26. The van der Waals surface area contributed by atoms with Crippen LogP contribution in [0.4, 0.5) is 0 Å². The summed E-state index contributed by atoms with van der Waals surface area (Å²) >= 11 is 0. The van der Waals surface area contributed by atoms with Crippen molar-refractivity contribution < 1.29 is 17.9 Å². The van der Waals surface area contributed by atoms with Crippen LogP contribution in [-0.4, -0.2) is 66.7 Å². The summed E-state index contributed by atoms with van der Waals surface area (Å²) in [6.45, 7) is 5.82. The number of hydrogen-bond donors (Lipinski definition) is 2. The Bertz CT molecular complexity index is 621. The van der Waals surface area contributed by atoms with Gasteiger partial charge in [-0.05, 0) is 25.3 Å². The predicted molar refractivity (Wildman–Crippen MR) is 110 cm³/mol. The molecule has 0 saturated heterocycles. The van der Waals surface area contributed by atoms with Crippen LogP contribution < -0.4 is 10.6 Å². The number of nitrogens with zero attached hydrogens (tertiary/aromatic N) is 1. The molecule has 0 unspecified atom stereocenters. The first kappa shape index (κ1) is 23.4. The molecule has 7 nitrogen and oxygen atoms in total. The van der Waals surface area contributed by atoms with Crippen molar-refractivity contribution in [1.82, 2.24) is 10.6 Å². The second kappa shape index (κ2) is 14.4. The third-order valence-corrected chi connectivity index (χ3v) is 5.33. The van der Waals surface area contributed by atoms with E-state index in [-0.39, 0.29) is 11.5 Å². The summed E-state index contributed by atoms with van der Waals surface area (Å²) in [6.07, 6.45) is 1.37. The normalized spacial score (nSPS) is 12.1. The number of ether oxygens (including phenoxy) is 2. The lowest BCUT2D eigenvalue weighted by atomic mass is 10.2. The summed E-state index contributed by atoms with van der Waals surface area (Å²) in [6, 6.07) is 9.26. The summed E-state index contributed by atoms with van der Waals surface area (Å²) in [7, 11) is -1.46. The van der Waals surface area contributed by atoms with Crippen LogP contribution in [0.1, 0.15) is 25.3 Å². The number of aliphatic imine (C=N–C) groups is 1. The smallest absolute Gasteiger partial charge is 0.191 e. The van der Waals surface area contributed by atoms with Gasteiger partial charge in [-0.2, -0.15) is 0 Å². The zero-order chi connectivity index (χ0) is 19.8. The average molecular weight is 400 g/mol. The van der Waals surface area contributed by atoms with Crippen molar-refractivity contribution in [3.05, 3.63) is 35.9 Å². The Morgan fingerprint density at radius 2 is 1.85 bits per heavy atom. The Morgan fingerprint density at radius 3 is 2.56 bits per heavy atom. The predicted octanol–water partition coefficient (Wildman–Crippen LogP) is 1.60. The van der Waals surface area contributed by atoms with E-state index >= 15 is 0 Å². The fourth-order valence-corrected chi connectivity index (χ4v) is 3.76. The molecule has 0 bridgehead atoms. The van der Waals surface area contributed by atoms with Crippen LogP contribution in [0, 0.1) is 0 Å². The van der Waals surface area contributed by atoms with Crippen molar-refractivity contribution >= 4 is 15.8 Å². The van der Waals surface area contributed by atoms with E-state index in [4.69, 9.17) is 9.47 Å². The van der Waals surface area contributed by atoms with Gasteiger partial charge in [0, 0.05) is 33.4 Å². The monoisotopic (exact) mass is 399 g/mol. The topological polar surface area (TPSA) is 89.0 Å². The highest BCUT2D eigenvalue weighted by Crippen LogP contribution is 2.07. The van der Waals surface area contributed by atoms with E-state index in [0.717, 1.165) is 25.1 Å². The number of methoxy groups -OCH3 is 1. The van der Waals surface area contributed by atoms with Gasteiger partial charge < -0.3 is 20.1 Å². The molecular weight excluding hydrogens is 366 g/mol. The molecular formula is C19H33N3O4S.